The summed E-state index contributed by atoms with van der Waals surface area (Å²) in [6.45, 7) is 1.69. The molecule has 8 aromatic rings. The number of aryl methyl sites for hydroxylation is 1. The molecule has 0 saturated carbocycles. The first-order valence-corrected chi connectivity index (χ1v) is 16.8. The minimum Gasteiger partial charge on any atom is -0.308 e. The third-order valence-corrected chi connectivity index (χ3v) is 9.90. The molecule has 0 unspecified atom stereocenters. The Morgan fingerprint density at radius 1 is 0.456 bits per heavy atom. The van der Waals surface area contributed by atoms with Crippen LogP contribution in [0.3, 0.4) is 0 Å². The van der Waals surface area contributed by atoms with Crippen molar-refractivity contribution in [2.24, 2.45) is 0 Å². The Morgan fingerprint density at radius 2 is 0.842 bits per heavy atom. The zero-order chi connectivity index (χ0) is 41.0. The predicted molar refractivity (Wildman–Crippen MR) is 190 cm³/mol. The number of hydrogen-bond acceptors (Lipinski definition) is 1. The Balaban J connectivity index is 1.57. The van der Waals surface area contributed by atoms with Crippen molar-refractivity contribution in [1.82, 2.24) is 9.13 Å². The van der Waals surface area contributed by atoms with Gasteiger partial charge in [-0.25, -0.2) is 0 Å². The number of alkyl halides is 12. The molecule has 0 fully saturated rings. The SMILES string of the molecule is Cc1ccc2c(c1)c1cc(C(F)(F)F)ccc1n2-c1cc(-c2ccccc2C(F)(F)F)cc(-n2c3ccc(C(F)(F)F)cc3c3cc(C(F)(F)F)ccc32)c1C#N. The second-order valence-electron chi connectivity index (χ2n) is 13.4. The molecule has 8 rings (SSSR count). The van der Waals surface area contributed by atoms with Crippen molar-refractivity contribution in [3.8, 4) is 28.6 Å². The highest BCUT2D eigenvalue weighted by molar-refractivity contribution is 6.12. The molecule has 0 aliphatic rings. The van der Waals surface area contributed by atoms with Crippen LogP contribution in [0.4, 0.5) is 52.7 Å². The van der Waals surface area contributed by atoms with E-state index in [1.54, 1.807) is 25.1 Å². The first kappa shape index (κ1) is 37.5. The number of halogens is 12. The van der Waals surface area contributed by atoms with Crippen LogP contribution < -0.4 is 0 Å². The number of hydrogen-bond donors (Lipinski definition) is 0. The summed E-state index contributed by atoms with van der Waals surface area (Å²) in [7, 11) is 0. The molecule has 57 heavy (non-hydrogen) atoms. The normalized spacial score (nSPS) is 13.0. The second kappa shape index (κ2) is 12.5. The summed E-state index contributed by atoms with van der Waals surface area (Å²) in [5.41, 5.74) is -4.92. The van der Waals surface area contributed by atoms with E-state index in [0.29, 0.717) is 35.2 Å². The summed E-state index contributed by atoms with van der Waals surface area (Å²) in [5.74, 6) is 0. The lowest BCUT2D eigenvalue weighted by Gasteiger charge is -2.20. The molecule has 0 saturated heterocycles. The lowest BCUT2D eigenvalue weighted by molar-refractivity contribution is -0.138. The van der Waals surface area contributed by atoms with Crippen LogP contribution in [-0.4, -0.2) is 9.13 Å². The molecule has 288 valence electrons. The highest BCUT2D eigenvalue weighted by atomic mass is 19.4. The number of nitrogens with zero attached hydrogens (tertiary/aromatic N) is 3. The number of nitriles is 1. The first-order valence-electron chi connectivity index (χ1n) is 16.8. The van der Waals surface area contributed by atoms with Gasteiger partial charge in [0, 0.05) is 21.5 Å². The van der Waals surface area contributed by atoms with Crippen LogP contribution in [0.15, 0.2) is 109 Å². The second-order valence-corrected chi connectivity index (χ2v) is 13.4. The average molecular weight is 796 g/mol. The van der Waals surface area contributed by atoms with Crippen LogP contribution in [0.25, 0.3) is 66.1 Å². The van der Waals surface area contributed by atoms with E-state index in [1.165, 1.54) is 27.3 Å². The number of benzene rings is 6. The van der Waals surface area contributed by atoms with Gasteiger partial charge in [0.15, 0.2) is 0 Å². The molecule has 0 aliphatic carbocycles. The molecule has 0 spiro atoms. The number of fused-ring (bicyclic) bond motifs is 6. The van der Waals surface area contributed by atoms with Crippen molar-refractivity contribution in [3.63, 3.8) is 0 Å². The van der Waals surface area contributed by atoms with Gasteiger partial charge in [-0.05, 0) is 103 Å². The predicted octanol–water partition coefficient (Wildman–Crippen LogP) is 13.8. The highest BCUT2D eigenvalue weighted by Crippen LogP contribution is 2.45. The molecular formula is C42H21F12N3. The third kappa shape index (κ3) is 6.19. The molecule has 2 aromatic heterocycles. The van der Waals surface area contributed by atoms with E-state index in [0.717, 1.165) is 48.5 Å². The van der Waals surface area contributed by atoms with Gasteiger partial charge < -0.3 is 9.13 Å². The van der Waals surface area contributed by atoms with Crippen molar-refractivity contribution in [2.45, 2.75) is 31.6 Å². The zero-order valence-corrected chi connectivity index (χ0v) is 28.8. The Labute approximate surface area is 313 Å². The monoisotopic (exact) mass is 795 g/mol. The lowest BCUT2D eigenvalue weighted by atomic mass is 9.96. The molecule has 6 aromatic carbocycles. The summed E-state index contributed by atoms with van der Waals surface area (Å²) in [4.78, 5) is 0. The molecule has 0 radical (unpaired) electrons. The average Bonchev–Trinajstić information content (AvgIpc) is 3.64. The fourth-order valence-corrected chi connectivity index (χ4v) is 7.43. The van der Waals surface area contributed by atoms with Gasteiger partial charge in [0.1, 0.15) is 11.6 Å². The largest absolute Gasteiger partial charge is 0.417 e. The highest BCUT2D eigenvalue weighted by Gasteiger charge is 2.36. The molecule has 0 amide bonds. The van der Waals surface area contributed by atoms with E-state index in [9.17, 15) is 57.9 Å². The molecule has 0 bridgehead atoms. The molecular weight excluding hydrogens is 774 g/mol. The maximum Gasteiger partial charge on any atom is 0.417 e. The standard InChI is InChI=1S/C42H21F12N3/c1-21-6-10-33-27(14-21)28-17-23(39(43,44)45)7-11-34(28)56(33)37-15-22(26-4-2-3-5-32(26)42(52,53)54)16-38(31(37)20-55)57-35-12-8-24(40(46,47)48)18-29(35)30-19-25(41(49,50)51)9-13-36(30)57/h2-19H,1H3. The van der Waals surface area contributed by atoms with E-state index in [1.807, 2.05) is 6.07 Å². The van der Waals surface area contributed by atoms with Crippen LogP contribution in [0.1, 0.15) is 33.4 Å². The molecule has 0 N–H and O–H groups in total. The topological polar surface area (TPSA) is 33.6 Å². The maximum absolute atomic E-state index is 14.6. The summed E-state index contributed by atoms with van der Waals surface area (Å²) in [5, 5.41) is 10.7. The van der Waals surface area contributed by atoms with Gasteiger partial charge >= 0.3 is 24.7 Å². The van der Waals surface area contributed by atoms with Gasteiger partial charge in [-0.3, -0.25) is 0 Å². The third-order valence-electron chi connectivity index (χ3n) is 9.90. The summed E-state index contributed by atoms with van der Waals surface area (Å²) >= 11 is 0. The lowest BCUT2D eigenvalue weighted by Crippen LogP contribution is -2.09. The zero-order valence-electron chi connectivity index (χ0n) is 28.8. The van der Waals surface area contributed by atoms with Crippen LogP contribution >= 0.6 is 0 Å². The Morgan fingerprint density at radius 3 is 1.23 bits per heavy atom. The quantitative estimate of drug-likeness (QED) is 0.164. The Bertz CT molecular complexity index is 2920. The molecule has 0 atom stereocenters. The maximum atomic E-state index is 14.6. The van der Waals surface area contributed by atoms with E-state index in [-0.39, 0.29) is 60.7 Å². The molecule has 3 nitrogen and oxygen atoms in total. The van der Waals surface area contributed by atoms with Gasteiger partial charge in [-0.2, -0.15) is 57.9 Å². The van der Waals surface area contributed by atoms with Crippen molar-refractivity contribution in [1.29, 1.82) is 5.26 Å². The first-order chi connectivity index (χ1) is 26.7. The number of aromatic nitrogens is 2. The van der Waals surface area contributed by atoms with Crippen LogP contribution in [0, 0.1) is 18.3 Å². The van der Waals surface area contributed by atoms with Gasteiger partial charge in [0.05, 0.1) is 55.7 Å². The minimum atomic E-state index is -4.92. The number of rotatable bonds is 3. The van der Waals surface area contributed by atoms with Crippen molar-refractivity contribution < 1.29 is 52.7 Å². The molecule has 0 aliphatic heterocycles. The van der Waals surface area contributed by atoms with Gasteiger partial charge in [0.2, 0.25) is 0 Å². The summed E-state index contributed by atoms with van der Waals surface area (Å²) in [6.07, 6.45) is -19.5. The fourth-order valence-electron chi connectivity index (χ4n) is 7.43. The van der Waals surface area contributed by atoms with E-state index < -0.39 is 52.5 Å². The van der Waals surface area contributed by atoms with E-state index in [2.05, 4.69) is 0 Å². The Hall–Kier alpha value is -6.43. The minimum absolute atomic E-state index is 0.0892. The van der Waals surface area contributed by atoms with Gasteiger partial charge in [-0.15, -0.1) is 0 Å². The van der Waals surface area contributed by atoms with Crippen molar-refractivity contribution in [2.75, 3.05) is 0 Å². The van der Waals surface area contributed by atoms with Gasteiger partial charge in [0.25, 0.3) is 0 Å². The van der Waals surface area contributed by atoms with Crippen LogP contribution in [0.2, 0.25) is 0 Å². The van der Waals surface area contributed by atoms with Crippen molar-refractivity contribution >= 4 is 43.6 Å². The van der Waals surface area contributed by atoms with Crippen molar-refractivity contribution in [3.05, 3.63) is 143 Å². The summed E-state index contributed by atoms with van der Waals surface area (Å²) in [6, 6.07) is 21.2. The van der Waals surface area contributed by atoms with Crippen LogP contribution in [0.5, 0.6) is 0 Å². The fraction of sp³-hybridized carbons (Fsp3) is 0.119. The van der Waals surface area contributed by atoms with Gasteiger partial charge in [-0.1, -0.05) is 29.8 Å². The van der Waals surface area contributed by atoms with E-state index in [4.69, 9.17) is 0 Å². The molecule has 2 heterocycles. The molecule has 15 heteroatoms. The Kier molecular flexibility index (Phi) is 8.25. The smallest absolute Gasteiger partial charge is 0.308 e. The summed E-state index contributed by atoms with van der Waals surface area (Å²) < 4.78 is 172. The van der Waals surface area contributed by atoms with Crippen LogP contribution in [-0.2, 0) is 24.7 Å². The van der Waals surface area contributed by atoms with E-state index >= 15 is 0 Å².